The van der Waals surface area contributed by atoms with E-state index in [0.717, 1.165) is 34.3 Å². The minimum absolute atomic E-state index is 0.00976. The molecule has 26 heavy (non-hydrogen) atoms. The van der Waals surface area contributed by atoms with E-state index in [-0.39, 0.29) is 17.7 Å². The molecule has 1 aromatic heterocycles. The van der Waals surface area contributed by atoms with Crippen molar-refractivity contribution in [1.29, 1.82) is 0 Å². The molecule has 1 heterocycles. The van der Waals surface area contributed by atoms with Crippen LogP contribution in [0.25, 0.3) is 10.8 Å². The smallest absolute Gasteiger partial charge is 0.253 e. The van der Waals surface area contributed by atoms with Crippen LogP contribution in [0.1, 0.15) is 33.9 Å². The zero-order valence-corrected chi connectivity index (χ0v) is 15.2. The predicted octanol–water partition coefficient (Wildman–Crippen LogP) is 3.88. The van der Waals surface area contributed by atoms with E-state index in [0.29, 0.717) is 17.8 Å². The van der Waals surface area contributed by atoms with Crippen molar-refractivity contribution in [2.45, 2.75) is 26.3 Å². The molecule has 4 rings (SSSR count). The van der Waals surface area contributed by atoms with Crippen LogP contribution in [0.15, 0.2) is 41.8 Å². The van der Waals surface area contributed by atoms with E-state index in [9.17, 15) is 9.59 Å². The third-order valence-electron chi connectivity index (χ3n) is 4.43. The molecule has 1 aliphatic carbocycles. The zero-order chi connectivity index (χ0) is 18.1. The molecular weight excluding hydrogens is 346 g/mol. The first kappa shape index (κ1) is 16.7. The van der Waals surface area contributed by atoms with E-state index < -0.39 is 0 Å². The molecule has 1 aliphatic rings. The first-order valence-electron chi connectivity index (χ1n) is 8.63. The minimum Gasteiger partial charge on any atom is -0.346 e. The summed E-state index contributed by atoms with van der Waals surface area (Å²) in [5.74, 6) is -0.146. The fraction of sp³-hybridized carbons (Fsp3) is 0.250. The van der Waals surface area contributed by atoms with Crippen LogP contribution in [0, 0.1) is 12.8 Å². The number of amides is 2. The van der Waals surface area contributed by atoms with Gasteiger partial charge in [-0.15, -0.1) is 11.3 Å². The Morgan fingerprint density at radius 2 is 1.92 bits per heavy atom. The number of carbonyl (C=O) groups is 2. The number of aryl methyl sites for hydroxylation is 1. The molecular formula is C20H19N3O2S. The predicted molar refractivity (Wildman–Crippen MR) is 103 cm³/mol. The zero-order valence-electron chi connectivity index (χ0n) is 14.4. The number of hydrogen-bond acceptors (Lipinski definition) is 4. The first-order chi connectivity index (χ1) is 12.6. The molecule has 2 amide bonds. The van der Waals surface area contributed by atoms with Gasteiger partial charge in [-0.3, -0.25) is 9.59 Å². The number of anilines is 1. The van der Waals surface area contributed by atoms with E-state index >= 15 is 0 Å². The molecule has 0 radical (unpaired) electrons. The Morgan fingerprint density at radius 1 is 1.19 bits per heavy atom. The number of fused-ring (bicyclic) bond motifs is 1. The van der Waals surface area contributed by atoms with Gasteiger partial charge in [-0.05, 0) is 42.7 Å². The number of aromatic nitrogens is 1. The van der Waals surface area contributed by atoms with Crippen molar-refractivity contribution >= 4 is 39.6 Å². The molecule has 0 spiro atoms. The lowest BCUT2D eigenvalue weighted by Crippen LogP contribution is -2.25. The number of hydrogen-bond donors (Lipinski definition) is 2. The Balaban J connectivity index is 1.61. The van der Waals surface area contributed by atoms with Gasteiger partial charge in [0.15, 0.2) is 0 Å². The number of carbonyl (C=O) groups excluding carboxylic acids is 2. The topological polar surface area (TPSA) is 71.1 Å². The highest BCUT2D eigenvalue weighted by Crippen LogP contribution is 2.32. The molecule has 0 aliphatic heterocycles. The van der Waals surface area contributed by atoms with Gasteiger partial charge in [0.2, 0.25) is 5.91 Å². The number of benzene rings is 2. The Bertz CT molecular complexity index is 992. The standard InChI is InChI=1S/C20H19N3O2S/c1-12-22-16(11-26-12)10-21-20(25)17-8-14-4-2-3-5-15(14)9-18(17)23-19(24)13-6-7-13/h2-5,8-9,11,13H,6-7,10H2,1H3,(H,21,25)(H,23,24). The molecule has 5 nitrogen and oxygen atoms in total. The molecule has 0 atom stereocenters. The lowest BCUT2D eigenvalue weighted by atomic mass is 10.0. The van der Waals surface area contributed by atoms with Gasteiger partial charge in [0, 0.05) is 11.3 Å². The van der Waals surface area contributed by atoms with Gasteiger partial charge >= 0.3 is 0 Å². The van der Waals surface area contributed by atoms with Crippen molar-refractivity contribution in [3.8, 4) is 0 Å². The van der Waals surface area contributed by atoms with E-state index in [1.54, 1.807) is 11.3 Å². The molecule has 0 bridgehead atoms. The summed E-state index contributed by atoms with van der Waals surface area (Å²) in [4.78, 5) is 29.3. The minimum atomic E-state index is -0.215. The summed E-state index contributed by atoms with van der Waals surface area (Å²) in [6.07, 6.45) is 1.84. The monoisotopic (exact) mass is 365 g/mol. The molecule has 6 heteroatoms. The van der Waals surface area contributed by atoms with Crippen LogP contribution < -0.4 is 10.6 Å². The molecule has 1 fully saturated rings. The number of nitrogens with one attached hydrogen (secondary N) is 2. The van der Waals surface area contributed by atoms with Crippen molar-refractivity contribution < 1.29 is 9.59 Å². The van der Waals surface area contributed by atoms with Gasteiger partial charge < -0.3 is 10.6 Å². The maximum Gasteiger partial charge on any atom is 0.253 e. The lowest BCUT2D eigenvalue weighted by molar-refractivity contribution is -0.117. The van der Waals surface area contributed by atoms with E-state index in [4.69, 9.17) is 0 Å². The van der Waals surface area contributed by atoms with Crippen LogP contribution in [-0.2, 0) is 11.3 Å². The average Bonchev–Trinajstić information content (AvgIpc) is 3.41. The maximum atomic E-state index is 12.8. The van der Waals surface area contributed by atoms with E-state index in [2.05, 4.69) is 15.6 Å². The molecule has 0 saturated heterocycles. The third-order valence-corrected chi connectivity index (χ3v) is 5.26. The van der Waals surface area contributed by atoms with Gasteiger partial charge in [0.1, 0.15) is 0 Å². The largest absolute Gasteiger partial charge is 0.346 e. The van der Waals surface area contributed by atoms with Crippen molar-refractivity contribution in [1.82, 2.24) is 10.3 Å². The molecule has 1 saturated carbocycles. The third kappa shape index (κ3) is 3.60. The SMILES string of the molecule is Cc1nc(CNC(=O)c2cc3ccccc3cc2NC(=O)C2CC2)cs1. The summed E-state index contributed by atoms with van der Waals surface area (Å²) in [6.45, 7) is 2.30. The quantitative estimate of drug-likeness (QED) is 0.721. The van der Waals surface area contributed by atoms with Gasteiger partial charge in [0.05, 0.1) is 28.5 Å². The number of nitrogens with zero attached hydrogens (tertiary/aromatic N) is 1. The van der Waals surface area contributed by atoms with Crippen LogP contribution in [0.5, 0.6) is 0 Å². The summed E-state index contributed by atoms with van der Waals surface area (Å²) >= 11 is 1.56. The van der Waals surface area contributed by atoms with Gasteiger partial charge in [-0.2, -0.15) is 0 Å². The fourth-order valence-corrected chi connectivity index (χ4v) is 3.48. The van der Waals surface area contributed by atoms with Gasteiger partial charge in [-0.25, -0.2) is 4.98 Å². The second-order valence-corrected chi connectivity index (χ2v) is 7.61. The Morgan fingerprint density at radius 3 is 2.58 bits per heavy atom. The number of thiazole rings is 1. The average molecular weight is 365 g/mol. The molecule has 2 aromatic carbocycles. The Kier molecular flexibility index (Phi) is 4.42. The molecule has 3 aromatic rings. The van der Waals surface area contributed by atoms with Crippen molar-refractivity contribution in [3.05, 3.63) is 58.0 Å². The highest BCUT2D eigenvalue weighted by atomic mass is 32.1. The Hall–Kier alpha value is -2.73. The van der Waals surface area contributed by atoms with Crippen LogP contribution in [-0.4, -0.2) is 16.8 Å². The van der Waals surface area contributed by atoms with E-state index in [1.165, 1.54) is 0 Å². The van der Waals surface area contributed by atoms with Crippen LogP contribution in [0.3, 0.4) is 0 Å². The second kappa shape index (κ2) is 6.88. The summed E-state index contributed by atoms with van der Waals surface area (Å²) < 4.78 is 0. The maximum absolute atomic E-state index is 12.8. The molecule has 2 N–H and O–H groups in total. The van der Waals surface area contributed by atoms with Crippen molar-refractivity contribution in [2.24, 2.45) is 5.92 Å². The number of rotatable bonds is 5. The normalized spacial score (nSPS) is 13.6. The lowest BCUT2D eigenvalue weighted by Gasteiger charge is -2.13. The Labute approximate surface area is 155 Å². The van der Waals surface area contributed by atoms with E-state index in [1.807, 2.05) is 48.7 Å². The first-order valence-corrected chi connectivity index (χ1v) is 9.51. The highest BCUT2D eigenvalue weighted by molar-refractivity contribution is 7.09. The highest BCUT2D eigenvalue weighted by Gasteiger charge is 2.30. The van der Waals surface area contributed by atoms with Crippen LogP contribution >= 0.6 is 11.3 Å². The van der Waals surface area contributed by atoms with Gasteiger partial charge in [-0.1, -0.05) is 24.3 Å². The van der Waals surface area contributed by atoms with Crippen LogP contribution in [0.4, 0.5) is 5.69 Å². The van der Waals surface area contributed by atoms with Crippen molar-refractivity contribution in [3.63, 3.8) is 0 Å². The van der Waals surface area contributed by atoms with Gasteiger partial charge in [0.25, 0.3) is 5.91 Å². The van der Waals surface area contributed by atoms with Crippen molar-refractivity contribution in [2.75, 3.05) is 5.32 Å². The second-order valence-electron chi connectivity index (χ2n) is 6.55. The molecule has 132 valence electrons. The molecule has 0 unspecified atom stereocenters. The fourth-order valence-electron chi connectivity index (χ4n) is 2.87. The summed E-state index contributed by atoms with van der Waals surface area (Å²) in [6, 6.07) is 11.5. The summed E-state index contributed by atoms with van der Waals surface area (Å²) in [7, 11) is 0. The summed E-state index contributed by atoms with van der Waals surface area (Å²) in [5.41, 5.74) is 1.88. The van der Waals surface area contributed by atoms with Crippen LogP contribution in [0.2, 0.25) is 0 Å². The summed E-state index contributed by atoms with van der Waals surface area (Å²) in [5, 5.41) is 10.7.